The molecule has 3 N–H and O–H groups in total. The minimum Gasteiger partial charge on any atom is -0.393 e. The van der Waals surface area contributed by atoms with Gasteiger partial charge in [0.05, 0.1) is 12.2 Å². The number of nitrogens with one attached hydrogen (secondary N) is 1. The van der Waals surface area contributed by atoms with Gasteiger partial charge in [-0.3, -0.25) is 0 Å². The molecule has 3 nitrogen and oxygen atoms in total. The number of aliphatic hydroxyl groups excluding tert-OH is 1. The molecule has 1 aromatic rings. The van der Waals surface area contributed by atoms with Gasteiger partial charge < -0.3 is 15.5 Å². The monoisotopic (exact) mass is 249 g/mol. The van der Waals surface area contributed by atoms with Crippen molar-refractivity contribution >= 4 is 0 Å². The predicted molar refractivity (Wildman–Crippen MR) is 72.7 cm³/mol. The molecule has 0 saturated heterocycles. The molecular formula is C15H23NO2. The molecule has 1 aromatic carbocycles. The van der Waals surface area contributed by atoms with E-state index < -0.39 is 5.60 Å². The fraction of sp³-hybridized carbons (Fsp3) is 0.600. The lowest BCUT2D eigenvalue weighted by molar-refractivity contribution is 0.00259. The normalized spacial score (nSPS) is 22.3. The van der Waals surface area contributed by atoms with Crippen molar-refractivity contribution in [3.8, 4) is 0 Å². The first kappa shape index (κ1) is 13.5. The number of aliphatic hydroxyl groups is 2. The molecule has 0 amide bonds. The summed E-state index contributed by atoms with van der Waals surface area (Å²) in [6.45, 7) is 2.74. The van der Waals surface area contributed by atoms with Crippen LogP contribution in [0.2, 0.25) is 0 Å². The lowest BCUT2D eigenvalue weighted by Gasteiger charge is -2.27. The van der Waals surface area contributed by atoms with Crippen LogP contribution in [0.3, 0.4) is 0 Å². The number of aryl methyl sites for hydroxylation is 1. The summed E-state index contributed by atoms with van der Waals surface area (Å²) in [6.07, 6.45) is 3.62. The maximum atomic E-state index is 9.74. The largest absolute Gasteiger partial charge is 0.393 e. The molecule has 0 aromatic heterocycles. The molecule has 0 fully saturated rings. The quantitative estimate of drug-likeness (QED) is 0.740. The molecule has 3 heteroatoms. The third-order valence-corrected chi connectivity index (χ3v) is 3.73. The number of hydrogen-bond donors (Lipinski definition) is 3. The van der Waals surface area contributed by atoms with Crippen molar-refractivity contribution in [3.05, 3.63) is 35.4 Å². The molecule has 2 atom stereocenters. The summed E-state index contributed by atoms with van der Waals surface area (Å²) in [6, 6.07) is 8.63. The molecule has 2 unspecified atom stereocenters. The van der Waals surface area contributed by atoms with Crippen LogP contribution in [0.4, 0.5) is 0 Å². The standard InChI is InChI=1S/C15H23NO2/c1-15(18,11-17)10-16-9-13-7-4-6-12-5-2-3-8-14(12)13/h2-3,5,8,13,16-18H,4,6-7,9-11H2,1H3. The molecule has 1 aliphatic rings. The SMILES string of the molecule is CC(O)(CO)CNCC1CCCc2ccccc21. The third kappa shape index (κ3) is 3.31. The van der Waals surface area contributed by atoms with Gasteiger partial charge in [-0.1, -0.05) is 24.3 Å². The Kier molecular flexibility index (Phi) is 4.38. The highest BCUT2D eigenvalue weighted by Crippen LogP contribution is 2.30. The molecule has 0 bridgehead atoms. The van der Waals surface area contributed by atoms with Gasteiger partial charge >= 0.3 is 0 Å². The van der Waals surface area contributed by atoms with Crippen molar-refractivity contribution in [2.45, 2.75) is 37.7 Å². The van der Waals surface area contributed by atoms with Crippen molar-refractivity contribution in [1.29, 1.82) is 0 Å². The van der Waals surface area contributed by atoms with Crippen LogP contribution in [0.5, 0.6) is 0 Å². The summed E-state index contributed by atoms with van der Waals surface area (Å²) >= 11 is 0. The summed E-state index contributed by atoms with van der Waals surface area (Å²) in [4.78, 5) is 0. The van der Waals surface area contributed by atoms with E-state index in [2.05, 4.69) is 29.6 Å². The maximum absolute atomic E-state index is 9.74. The van der Waals surface area contributed by atoms with Crippen LogP contribution >= 0.6 is 0 Å². The van der Waals surface area contributed by atoms with Crippen LogP contribution in [0.1, 0.15) is 36.8 Å². The van der Waals surface area contributed by atoms with Crippen molar-refractivity contribution in [2.75, 3.05) is 19.7 Å². The van der Waals surface area contributed by atoms with Gasteiger partial charge in [-0.25, -0.2) is 0 Å². The average Bonchev–Trinajstić information content (AvgIpc) is 2.39. The molecule has 18 heavy (non-hydrogen) atoms. The number of rotatable bonds is 5. The van der Waals surface area contributed by atoms with Gasteiger partial charge in [0.1, 0.15) is 0 Å². The average molecular weight is 249 g/mol. The highest BCUT2D eigenvalue weighted by atomic mass is 16.3. The van der Waals surface area contributed by atoms with E-state index in [1.165, 1.54) is 30.4 Å². The van der Waals surface area contributed by atoms with E-state index >= 15 is 0 Å². The van der Waals surface area contributed by atoms with E-state index in [4.69, 9.17) is 5.11 Å². The lowest BCUT2D eigenvalue weighted by Crippen LogP contribution is -2.42. The molecule has 0 radical (unpaired) electrons. The topological polar surface area (TPSA) is 52.5 Å². The maximum Gasteiger partial charge on any atom is 0.0972 e. The molecule has 0 heterocycles. The van der Waals surface area contributed by atoms with Crippen LogP contribution in [0.15, 0.2) is 24.3 Å². The fourth-order valence-electron chi connectivity index (χ4n) is 2.64. The van der Waals surface area contributed by atoms with Gasteiger partial charge in [-0.2, -0.15) is 0 Å². The molecule has 1 aliphatic carbocycles. The number of benzene rings is 1. The first-order valence-corrected chi connectivity index (χ1v) is 6.74. The van der Waals surface area contributed by atoms with Gasteiger partial charge in [0.2, 0.25) is 0 Å². The highest BCUT2D eigenvalue weighted by Gasteiger charge is 2.22. The summed E-state index contributed by atoms with van der Waals surface area (Å²) in [5, 5.41) is 22.0. The molecule has 2 rings (SSSR count). The van der Waals surface area contributed by atoms with Crippen LogP contribution in [0.25, 0.3) is 0 Å². The van der Waals surface area contributed by atoms with E-state index in [1.54, 1.807) is 6.92 Å². The van der Waals surface area contributed by atoms with Crippen LogP contribution in [0, 0.1) is 0 Å². The first-order chi connectivity index (χ1) is 8.62. The molecule has 0 aliphatic heterocycles. The van der Waals surface area contributed by atoms with Crippen LogP contribution in [-0.2, 0) is 6.42 Å². The van der Waals surface area contributed by atoms with Gasteiger partial charge in [-0.15, -0.1) is 0 Å². The van der Waals surface area contributed by atoms with Crippen molar-refractivity contribution in [1.82, 2.24) is 5.32 Å². The molecular weight excluding hydrogens is 226 g/mol. The first-order valence-electron chi connectivity index (χ1n) is 6.74. The van der Waals surface area contributed by atoms with Crippen molar-refractivity contribution < 1.29 is 10.2 Å². The Hall–Kier alpha value is -0.900. The molecule has 0 saturated carbocycles. The summed E-state index contributed by atoms with van der Waals surface area (Å²) in [5.74, 6) is 0.532. The second-order valence-corrected chi connectivity index (χ2v) is 5.57. The fourth-order valence-corrected chi connectivity index (χ4v) is 2.64. The summed E-state index contributed by atoms with van der Waals surface area (Å²) in [7, 11) is 0. The Labute approximate surface area is 109 Å². The number of fused-ring (bicyclic) bond motifs is 1. The van der Waals surface area contributed by atoms with Crippen LogP contribution in [-0.4, -0.2) is 35.5 Å². The molecule has 0 spiro atoms. The number of hydrogen-bond acceptors (Lipinski definition) is 3. The zero-order valence-electron chi connectivity index (χ0n) is 11.0. The van der Waals surface area contributed by atoms with E-state index in [0.717, 1.165) is 6.54 Å². The van der Waals surface area contributed by atoms with Gasteiger partial charge in [0, 0.05) is 13.1 Å². The third-order valence-electron chi connectivity index (χ3n) is 3.73. The van der Waals surface area contributed by atoms with Gasteiger partial charge in [0.15, 0.2) is 0 Å². The Morgan fingerprint density at radius 2 is 2.17 bits per heavy atom. The van der Waals surface area contributed by atoms with Crippen molar-refractivity contribution in [2.24, 2.45) is 0 Å². The van der Waals surface area contributed by atoms with E-state index in [1.807, 2.05) is 0 Å². The van der Waals surface area contributed by atoms with E-state index in [0.29, 0.717) is 12.5 Å². The van der Waals surface area contributed by atoms with Gasteiger partial charge in [0.25, 0.3) is 0 Å². The lowest BCUT2D eigenvalue weighted by atomic mass is 9.83. The minimum absolute atomic E-state index is 0.207. The van der Waals surface area contributed by atoms with E-state index in [-0.39, 0.29) is 6.61 Å². The molecule has 100 valence electrons. The zero-order chi connectivity index (χ0) is 13.0. The second kappa shape index (κ2) is 5.83. The van der Waals surface area contributed by atoms with Crippen LogP contribution < -0.4 is 5.32 Å². The smallest absolute Gasteiger partial charge is 0.0972 e. The predicted octanol–water partition coefficient (Wildman–Crippen LogP) is 1.44. The van der Waals surface area contributed by atoms with Crippen molar-refractivity contribution in [3.63, 3.8) is 0 Å². The zero-order valence-corrected chi connectivity index (χ0v) is 11.0. The summed E-state index contributed by atoms with van der Waals surface area (Å²) < 4.78 is 0. The Morgan fingerprint density at radius 1 is 1.39 bits per heavy atom. The Bertz CT molecular complexity index is 390. The Balaban J connectivity index is 1.92. The van der Waals surface area contributed by atoms with Gasteiger partial charge in [-0.05, 0) is 43.2 Å². The second-order valence-electron chi connectivity index (χ2n) is 5.57. The minimum atomic E-state index is -1.02. The Morgan fingerprint density at radius 3 is 2.94 bits per heavy atom. The van der Waals surface area contributed by atoms with E-state index in [9.17, 15) is 5.11 Å². The summed E-state index contributed by atoms with van der Waals surface area (Å²) in [5.41, 5.74) is 1.89. The highest BCUT2D eigenvalue weighted by molar-refractivity contribution is 5.32.